The van der Waals surface area contributed by atoms with Crippen molar-refractivity contribution in [3.63, 3.8) is 0 Å². The molecule has 1 aromatic rings. The fourth-order valence-corrected chi connectivity index (χ4v) is 6.64. The van der Waals surface area contributed by atoms with Gasteiger partial charge in [-0.2, -0.15) is 5.06 Å². The Balaban J connectivity index is 1.31. The normalized spacial score (nSPS) is 35.4. The summed E-state index contributed by atoms with van der Waals surface area (Å²) >= 11 is 0. The third-order valence-corrected chi connectivity index (χ3v) is 7.31. The predicted molar refractivity (Wildman–Crippen MR) is 95.2 cm³/mol. The first-order chi connectivity index (χ1) is 12.5. The molecule has 5 aliphatic rings. The van der Waals surface area contributed by atoms with Crippen molar-refractivity contribution in [3.8, 4) is 0 Å². The predicted octanol–water partition coefficient (Wildman–Crippen LogP) is 3.52. The minimum Gasteiger partial charge on any atom is -0.351 e. The third kappa shape index (κ3) is 2.85. The summed E-state index contributed by atoms with van der Waals surface area (Å²) in [5.41, 5.74) is 2.01. The van der Waals surface area contributed by atoms with E-state index in [-0.39, 0.29) is 23.7 Å². The second-order valence-electron chi connectivity index (χ2n) is 9.33. The largest absolute Gasteiger partial charge is 0.351 e. The van der Waals surface area contributed by atoms with E-state index in [2.05, 4.69) is 5.32 Å². The lowest BCUT2D eigenvalue weighted by molar-refractivity contribution is -0.103. The summed E-state index contributed by atoms with van der Waals surface area (Å²) in [6.45, 7) is 1.43. The second-order valence-corrected chi connectivity index (χ2v) is 9.33. The van der Waals surface area contributed by atoms with E-state index in [9.17, 15) is 14.4 Å². The number of halogens is 1. The van der Waals surface area contributed by atoms with Gasteiger partial charge in [-0.25, -0.2) is 4.39 Å². The van der Waals surface area contributed by atoms with Gasteiger partial charge in [0, 0.05) is 25.2 Å². The Bertz CT molecular complexity index is 712. The van der Waals surface area contributed by atoms with Crippen LogP contribution in [0.4, 0.5) is 4.39 Å². The van der Waals surface area contributed by atoms with Crippen molar-refractivity contribution < 1.29 is 14.4 Å². The molecule has 0 aromatic heterocycles. The van der Waals surface area contributed by atoms with Gasteiger partial charge in [-0.15, -0.1) is 0 Å². The molecule has 4 aliphatic carbocycles. The Kier molecular flexibility index (Phi) is 3.87. The fraction of sp³-hybridized carbons (Fsp3) is 0.667. The van der Waals surface area contributed by atoms with Gasteiger partial charge < -0.3 is 10.5 Å². The monoisotopic (exact) mass is 358 g/mol. The van der Waals surface area contributed by atoms with Crippen molar-refractivity contribution in [3.05, 3.63) is 34.6 Å². The van der Waals surface area contributed by atoms with Crippen LogP contribution in [0.3, 0.4) is 0 Å². The molecule has 0 spiro atoms. The van der Waals surface area contributed by atoms with E-state index in [1.54, 1.807) is 6.07 Å². The van der Waals surface area contributed by atoms with E-state index in [1.165, 1.54) is 49.7 Å². The zero-order chi connectivity index (χ0) is 17.9. The van der Waals surface area contributed by atoms with Crippen molar-refractivity contribution in [1.29, 1.82) is 0 Å². The Morgan fingerprint density at radius 1 is 1.19 bits per heavy atom. The van der Waals surface area contributed by atoms with Gasteiger partial charge in [0.1, 0.15) is 5.82 Å². The molecule has 2 N–H and O–H groups in total. The highest BCUT2D eigenvalue weighted by Crippen LogP contribution is 2.59. The molecule has 4 fully saturated rings. The van der Waals surface area contributed by atoms with Gasteiger partial charge in [-0.1, -0.05) is 0 Å². The van der Waals surface area contributed by atoms with Crippen molar-refractivity contribution in [1.82, 2.24) is 10.4 Å². The number of hydrogen-bond acceptors (Lipinski definition) is 3. The van der Waals surface area contributed by atoms with E-state index < -0.39 is 0 Å². The van der Waals surface area contributed by atoms with Crippen molar-refractivity contribution in [2.24, 2.45) is 23.2 Å². The van der Waals surface area contributed by atoms with E-state index in [4.69, 9.17) is 0 Å². The first-order valence-corrected chi connectivity index (χ1v) is 10.0. The maximum atomic E-state index is 14.4. The summed E-state index contributed by atoms with van der Waals surface area (Å²) in [7, 11) is 0. The van der Waals surface area contributed by atoms with Gasteiger partial charge in [0.05, 0.1) is 0 Å². The lowest BCUT2D eigenvalue weighted by Crippen LogP contribution is -2.51. The van der Waals surface area contributed by atoms with Crippen molar-refractivity contribution in [2.45, 2.75) is 51.5 Å². The molecular formula is C21H27FN2O2. The van der Waals surface area contributed by atoms with Crippen molar-refractivity contribution >= 4 is 5.91 Å². The van der Waals surface area contributed by atoms with Gasteiger partial charge in [-0.3, -0.25) is 4.79 Å². The summed E-state index contributed by atoms with van der Waals surface area (Å²) in [5.74, 6) is 2.06. The number of rotatable bonds is 3. The summed E-state index contributed by atoms with van der Waals surface area (Å²) in [6, 6.07) is 3.11. The molecule has 26 heavy (non-hydrogen) atoms. The van der Waals surface area contributed by atoms with Crippen LogP contribution in [0.25, 0.3) is 0 Å². The number of nitrogens with zero attached hydrogens (tertiary/aromatic N) is 1. The quantitative estimate of drug-likeness (QED) is 0.869. The highest BCUT2D eigenvalue weighted by Gasteiger charge is 2.50. The minimum absolute atomic E-state index is 0.183. The van der Waals surface area contributed by atoms with Gasteiger partial charge in [-0.05, 0) is 91.4 Å². The molecule has 0 saturated heterocycles. The Morgan fingerprint density at radius 2 is 1.85 bits per heavy atom. The number of carbonyl (C=O) groups is 1. The molecular weight excluding hydrogens is 331 g/mol. The fourth-order valence-electron chi connectivity index (χ4n) is 6.64. The Hall–Kier alpha value is -1.46. The summed E-state index contributed by atoms with van der Waals surface area (Å²) < 4.78 is 14.4. The second kappa shape index (κ2) is 6.03. The molecule has 1 aromatic carbocycles. The minimum atomic E-state index is -0.324. The van der Waals surface area contributed by atoms with Gasteiger partial charge in [0.15, 0.2) is 0 Å². The zero-order valence-corrected chi connectivity index (χ0v) is 15.1. The first kappa shape index (κ1) is 16.7. The maximum Gasteiger partial charge on any atom is 0.251 e. The topological polar surface area (TPSA) is 52.6 Å². The summed E-state index contributed by atoms with van der Waals surface area (Å²) in [6.07, 6.45) is 8.39. The number of benzene rings is 1. The molecule has 4 nitrogen and oxygen atoms in total. The van der Waals surface area contributed by atoms with Crippen molar-refractivity contribution in [2.75, 3.05) is 13.1 Å². The van der Waals surface area contributed by atoms with Crippen LogP contribution in [-0.2, 0) is 13.0 Å². The molecule has 1 aliphatic heterocycles. The lowest BCUT2D eigenvalue weighted by atomic mass is 9.49. The SMILES string of the molecule is O=C(NCC12CC3CC(CC(C3)C1)C2)c1cc(F)c2c(c1)CN(O)CC2. The van der Waals surface area contributed by atoms with Crippen LogP contribution in [0.5, 0.6) is 0 Å². The number of nitrogens with one attached hydrogen (secondary N) is 1. The van der Waals surface area contributed by atoms with Crippen LogP contribution < -0.4 is 5.32 Å². The molecule has 0 atom stereocenters. The highest BCUT2D eigenvalue weighted by atomic mass is 19.1. The molecule has 6 rings (SSSR count). The molecule has 1 amide bonds. The average Bonchev–Trinajstić information content (AvgIpc) is 2.58. The van der Waals surface area contributed by atoms with E-state index in [1.807, 2.05) is 0 Å². The first-order valence-electron chi connectivity index (χ1n) is 10.0. The van der Waals surface area contributed by atoms with Crippen LogP contribution in [-0.4, -0.2) is 29.3 Å². The standard InChI is InChI=1S/C21H27FN2O2/c22-19-7-16(6-17-11-24(26)2-1-18(17)19)20(25)23-12-21-8-13-3-14(9-21)5-15(4-13)10-21/h6-7,13-15,26H,1-5,8-12H2,(H,23,25). The lowest BCUT2D eigenvalue weighted by Gasteiger charge is -2.56. The van der Waals surface area contributed by atoms with Crippen LogP contribution >= 0.6 is 0 Å². The van der Waals surface area contributed by atoms with Gasteiger partial charge >= 0.3 is 0 Å². The van der Waals surface area contributed by atoms with E-state index in [0.717, 1.165) is 29.9 Å². The third-order valence-electron chi connectivity index (χ3n) is 7.31. The average molecular weight is 358 g/mol. The van der Waals surface area contributed by atoms with Crippen LogP contribution in [0, 0.1) is 29.0 Å². The van der Waals surface area contributed by atoms with Crippen LogP contribution in [0.1, 0.15) is 60.0 Å². The summed E-state index contributed by atoms with van der Waals surface area (Å²) in [5, 5.41) is 14.0. The van der Waals surface area contributed by atoms with Crippen LogP contribution in [0.2, 0.25) is 0 Å². The Morgan fingerprint density at radius 3 is 2.50 bits per heavy atom. The Labute approximate surface area is 153 Å². The maximum absolute atomic E-state index is 14.4. The zero-order valence-electron chi connectivity index (χ0n) is 15.1. The summed E-state index contributed by atoms with van der Waals surface area (Å²) in [4.78, 5) is 12.7. The highest BCUT2D eigenvalue weighted by molar-refractivity contribution is 5.94. The van der Waals surface area contributed by atoms with Gasteiger partial charge in [0.2, 0.25) is 0 Å². The van der Waals surface area contributed by atoms with Crippen LogP contribution in [0.15, 0.2) is 12.1 Å². The molecule has 0 radical (unpaired) electrons. The molecule has 4 bridgehead atoms. The molecule has 5 heteroatoms. The van der Waals surface area contributed by atoms with E-state index in [0.29, 0.717) is 24.1 Å². The van der Waals surface area contributed by atoms with E-state index >= 15 is 0 Å². The molecule has 0 unspecified atom stereocenters. The molecule has 4 saturated carbocycles. The number of carbonyl (C=O) groups excluding carboxylic acids is 1. The molecule has 140 valence electrons. The number of fused-ring (bicyclic) bond motifs is 1. The smallest absolute Gasteiger partial charge is 0.251 e. The number of amides is 1. The molecule has 1 heterocycles. The number of hydrogen-bond donors (Lipinski definition) is 2. The number of hydroxylamine groups is 2. The van der Waals surface area contributed by atoms with Gasteiger partial charge in [0.25, 0.3) is 5.91 Å².